The summed E-state index contributed by atoms with van der Waals surface area (Å²) in [5.74, 6) is 1.07. The van der Waals surface area contributed by atoms with Crippen LogP contribution in [0.3, 0.4) is 0 Å². The van der Waals surface area contributed by atoms with E-state index >= 15 is 0 Å². The molecule has 0 N–H and O–H groups in total. The Morgan fingerprint density at radius 3 is 2.00 bits per heavy atom. The molecule has 24 heavy (non-hydrogen) atoms. The van der Waals surface area contributed by atoms with Gasteiger partial charge in [-0.15, -0.1) is 0 Å². The van der Waals surface area contributed by atoms with Crippen LogP contribution in [0.2, 0.25) is 0 Å². The maximum Gasteiger partial charge on any atom is 0.149 e. The van der Waals surface area contributed by atoms with Gasteiger partial charge in [-0.1, -0.05) is 56.2 Å². The number of fused-ring (bicyclic) bond motifs is 6. The second-order valence-electron chi connectivity index (χ2n) is 9.27. The molecular formula is C22H26O2. The molecule has 0 aromatic heterocycles. The van der Waals surface area contributed by atoms with Crippen molar-refractivity contribution in [2.75, 3.05) is 0 Å². The average Bonchev–Trinajstić information content (AvgIpc) is 3.13. The lowest BCUT2D eigenvalue weighted by molar-refractivity contribution is -0.167. The summed E-state index contributed by atoms with van der Waals surface area (Å²) >= 11 is 0. The number of ether oxygens (including phenoxy) is 1. The predicted molar refractivity (Wildman–Crippen MR) is 93.4 cm³/mol. The number of carbonyl (C=O) groups excluding carboxylic acids is 1. The van der Waals surface area contributed by atoms with Gasteiger partial charge in [-0.25, -0.2) is 0 Å². The Balaban J connectivity index is 1.85. The van der Waals surface area contributed by atoms with Crippen LogP contribution in [0.4, 0.5) is 0 Å². The smallest absolute Gasteiger partial charge is 0.149 e. The zero-order valence-corrected chi connectivity index (χ0v) is 15.4. The Bertz CT molecular complexity index is 832. The summed E-state index contributed by atoms with van der Waals surface area (Å²) in [4.78, 5) is 13.6. The molecule has 2 nitrogen and oxygen atoms in total. The standard InChI is InChI=1S/C22H26O2/c1-11-12(2)22(6)16-15(21(11,5)19(23)20(22,3)4)17-13-9-7-8-10-14(13)18(16)24-17/h7-10,15-18H,1-6H3/t15-,16-,17-,18-,21-,22-/m0/s1. The minimum Gasteiger partial charge on any atom is -0.365 e. The van der Waals surface area contributed by atoms with E-state index in [9.17, 15) is 4.79 Å². The third kappa shape index (κ3) is 1.16. The van der Waals surface area contributed by atoms with E-state index in [1.807, 2.05) is 0 Å². The summed E-state index contributed by atoms with van der Waals surface area (Å²) in [6.45, 7) is 13.3. The molecule has 6 rings (SSSR count). The SMILES string of the molecule is CC1=C(C)[C@@]2(C)[C@H]3[C@@H]([C@H]4O[C@H]3c3ccccc34)[C@@]1(C)C(=O)C2(C)C. The number of carbonyl (C=O) groups is 1. The van der Waals surface area contributed by atoms with Crippen molar-refractivity contribution < 1.29 is 9.53 Å². The number of allylic oxidation sites excluding steroid dienone is 2. The van der Waals surface area contributed by atoms with Crippen LogP contribution in [0.5, 0.6) is 0 Å². The molecule has 0 unspecified atom stereocenters. The summed E-state index contributed by atoms with van der Waals surface area (Å²) in [6.07, 6.45) is 0.208. The molecule has 1 aromatic carbocycles. The first kappa shape index (κ1) is 14.9. The van der Waals surface area contributed by atoms with Crippen molar-refractivity contribution in [2.24, 2.45) is 28.1 Å². The van der Waals surface area contributed by atoms with E-state index in [1.165, 1.54) is 22.3 Å². The molecule has 1 saturated carbocycles. The van der Waals surface area contributed by atoms with Crippen molar-refractivity contribution in [1.82, 2.24) is 0 Å². The van der Waals surface area contributed by atoms with Gasteiger partial charge in [-0.3, -0.25) is 4.79 Å². The third-order valence-corrected chi connectivity index (χ3v) is 8.73. The largest absolute Gasteiger partial charge is 0.365 e. The van der Waals surface area contributed by atoms with E-state index in [0.29, 0.717) is 11.7 Å². The molecule has 2 aliphatic heterocycles. The van der Waals surface area contributed by atoms with E-state index in [1.54, 1.807) is 0 Å². The van der Waals surface area contributed by atoms with Gasteiger partial charge in [0.1, 0.15) is 5.78 Å². The second kappa shape index (κ2) is 3.88. The highest BCUT2D eigenvalue weighted by Gasteiger charge is 2.76. The van der Waals surface area contributed by atoms with Crippen LogP contribution in [0.1, 0.15) is 64.9 Å². The Hall–Kier alpha value is -1.41. The molecule has 1 aromatic rings. The molecule has 2 heteroatoms. The molecule has 0 radical (unpaired) electrons. The van der Waals surface area contributed by atoms with Gasteiger partial charge >= 0.3 is 0 Å². The number of hydrogen-bond donors (Lipinski definition) is 0. The number of Topliss-reactive ketones (excluding diaryl/α,β-unsaturated/α-hetero) is 1. The first-order valence-electron chi connectivity index (χ1n) is 9.16. The Morgan fingerprint density at radius 2 is 1.42 bits per heavy atom. The van der Waals surface area contributed by atoms with Gasteiger partial charge in [0.2, 0.25) is 0 Å². The average molecular weight is 322 g/mol. The monoisotopic (exact) mass is 322 g/mol. The van der Waals surface area contributed by atoms with Crippen LogP contribution in [0, 0.1) is 28.1 Å². The molecule has 1 saturated heterocycles. The van der Waals surface area contributed by atoms with Crippen LogP contribution >= 0.6 is 0 Å². The molecule has 0 spiro atoms. The first-order valence-corrected chi connectivity index (χ1v) is 9.16. The quantitative estimate of drug-likeness (QED) is 0.627. The number of ketones is 1. The van der Waals surface area contributed by atoms with E-state index in [2.05, 4.69) is 65.8 Å². The molecule has 5 aliphatic rings. The molecule has 0 amide bonds. The lowest BCUT2D eigenvalue weighted by atomic mass is 9.34. The third-order valence-electron chi connectivity index (χ3n) is 8.73. The van der Waals surface area contributed by atoms with Gasteiger partial charge in [0.25, 0.3) is 0 Å². The lowest BCUT2D eigenvalue weighted by Crippen LogP contribution is -2.67. The first-order chi connectivity index (χ1) is 11.2. The van der Waals surface area contributed by atoms with Gasteiger partial charge in [0.15, 0.2) is 0 Å². The summed E-state index contributed by atoms with van der Waals surface area (Å²) < 4.78 is 6.56. The van der Waals surface area contributed by atoms with Crippen molar-refractivity contribution in [2.45, 2.75) is 53.8 Å². The van der Waals surface area contributed by atoms with E-state index in [-0.39, 0.29) is 29.0 Å². The predicted octanol–water partition coefficient (Wildman–Crippen LogP) is 5.02. The summed E-state index contributed by atoms with van der Waals surface area (Å²) in [5.41, 5.74) is 4.50. The lowest BCUT2D eigenvalue weighted by Gasteiger charge is -2.66. The Morgan fingerprint density at radius 1 is 0.875 bits per heavy atom. The van der Waals surface area contributed by atoms with Crippen LogP contribution in [-0.2, 0) is 9.53 Å². The molecule has 2 heterocycles. The van der Waals surface area contributed by atoms with Gasteiger partial charge in [0.05, 0.1) is 17.6 Å². The Labute approximate surface area is 144 Å². The van der Waals surface area contributed by atoms with Gasteiger partial charge in [-0.05, 0) is 31.9 Å². The van der Waals surface area contributed by atoms with E-state index in [0.717, 1.165) is 0 Å². The fourth-order valence-electron chi connectivity index (χ4n) is 6.96. The molecule has 3 aliphatic carbocycles. The summed E-state index contributed by atoms with van der Waals surface area (Å²) in [7, 11) is 0. The fourth-order valence-corrected chi connectivity index (χ4v) is 6.96. The van der Waals surface area contributed by atoms with Crippen LogP contribution < -0.4 is 0 Å². The second-order valence-corrected chi connectivity index (χ2v) is 9.27. The zero-order valence-electron chi connectivity index (χ0n) is 15.4. The number of benzene rings is 1. The molecule has 6 atom stereocenters. The highest BCUT2D eigenvalue weighted by atomic mass is 16.5. The van der Waals surface area contributed by atoms with Crippen LogP contribution in [0.15, 0.2) is 35.4 Å². The zero-order chi connectivity index (χ0) is 17.2. The maximum absolute atomic E-state index is 13.6. The minimum absolute atomic E-state index is 0.0728. The van der Waals surface area contributed by atoms with Crippen molar-refractivity contribution in [3.63, 3.8) is 0 Å². The van der Waals surface area contributed by atoms with Crippen molar-refractivity contribution in [3.05, 3.63) is 46.5 Å². The summed E-state index contributed by atoms with van der Waals surface area (Å²) in [5, 5.41) is 0. The van der Waals surface area contributed by atoms with E-state index < -0.39 is 5.41 Å². The van der Waals surface area contributed by atoms with Crippen LogP contribution in [0.25, 0.3) is 0 Å². The van der Waals surface area contributed by atoms with E-state index in [4.69, 9.17) is 4.74 Å². The van der Waals surface area contributed by atoms with Crippen molar-refractivity contribution >= 4 is 5.78 Å². The van der Waals surface area contributed by atoms with Crippen molar-refractivity contribution in [1.29, 1.82) is 0 Å². The Kier molecular flexibility index (Phi) is 2.41. The molecular weight excluding hydrogens is 296 g/mol. The minimum atomic E-state index is -0.400. The molecule has 4 bridgehead atoms. The molecule has 126 valence electrons. The van der Waals surface area contributed by atoms with Crippen LogP contribution in [-0.4, -0.2) is 5.78 Å². The maximum atomic E-state index is 13.6. The van der Waals surface area contributed by atoms with Gasteiger partial charge in [0, 0.05) is 22.7 Å². The normalized spacial score (nSPS) is 47.2. The molecule has 2 fully saturated rings. The number of rotatable bonds is 0. The summed E-state index contributed by atoms with van der Waals surface area (Å²) in [6, 6.07) is 8.65. The fraction of sp³-hybridized carbons (Fsp3) is 0.591. The number of hydrogen-bond acceptors (Lipinski definition) is 2. The van der Waals surface area contributed by atoms with Gasteiger partial charge in [-0.2, -0.15) is 0 Å². The van der Waals surface area contributed by atoms with Crippen molar-refractivity contribution in [3.8, 4) is 0 Å². The van der Waals surface area contributed by atoms with Gasteiger partial charge < -0.3 is 4.74 Å². The topological polar surface area (TPSA) is 26.3 Å². The highest BCUT2D eigenvalue weighted by Crippen LogP contribution is 2.78. The highest BCUT2D eigenvalue weighted by molar-refractivity contribution is 5.97.